The summed E-state index contributed by atoms with van der Waals surface area (Å²) in [4.78, 5) is 0. The normalized spacial score (nSPS) is 24.4. The van der Waals surface area contributed by atoms with Gasteiger partial charge in [0.25, 0.3) is 0 Å². The molecule has 0 saturated heterocycles. The zero-order valence-corrected chi connectivity index (χ0v) is 12.8. The molecule has 2 aliphatic carbocycles. The van der Waals surface area contributed by atoms with Crippen LogP contribution >= 0.6 is 0 Å². The van der Waals surface area contributed by atoms with E-state index >= 15 is 0 Å². The predicted molar refractivity (Wildman–Crippen MR) is 84.4 cm³/mol. The van der Waals surface area contributed by atoms with Crippen molar-refractivity contribution in [3.05, 3.63) is 24.3 Å². The maximum atomic E-state index is 5.70. The largest absolute Gasteiger partial charge is 0.491 e. The zero-order chi connectivity index (χ0) is 14.0. The summed E-state index contributed by atoms with van der Waals surface area (Å²) >= 11 is 0. The fourth-order valence-electron chi connectivity index (χ4n) is 3.88. The summed E-state index contributed by atoms with van der Waals surface area (Å²) in [5.41, 5.74) is 1.86. The van der Waals surface area contributed by atoms with Gasteiger partial charge in [-0.25, -0.2) is 0 Å². The maximum absolute atomic E-state index is 5.70. The van der Waals surface area contributed by atoms with E-state index in [9.17, 15) is 0 Å². The summed E-state index contributed by atoms with van der Waals surface area (Å²) < 4.78 is 5.70. The Morgan fingerprint density at radius 1 is 1.05 bits per heavy atom. The third kappa shape index (κ3) is 2.79. The van der Waals surface area contributed by atoms with Crippen molar-refractivity contribution in [2.45, 2.75) is 70.9 Å². The molecule has 1 aromatic rings. The first-order valence-electron chi connectivity index (χ1n) is 8.21. The van der Waals surface area contributed by atoms with Gasteiger partial charge in [0.05, 0.1) is 6.10 Å². The standard InChI is InChI=1S/C18H27NO/c1-14(2)20-16-8-6-15(7-9-16)19-17-10-13-18(17)11-4-3-5-12-18/h6-9,14,17,19H,3-5,10-13H2,1-2H3. The van der Waals surface area contributed by atoms with Crippen LogP contribution in [0.3, 0.4) is 0 Å². The van der Waals surface area contributed by atoms with Gasteiger partial charge in [0.15, 0.2) is 0 Å². The molecule has 1 atom stereocenters. The third-order valence-corrected chi connectivity index (χ3v) is 5.09. The highest BCUT2D eigenvalue weighted by molar-refractivity contribution is 5.48. The van der Waals surface area contributed by atoms with Gasteiger partial charge in [-0.1, -0.05) is 19.3 Å². The smallest absolute Gasteiger partial charge is 0.119 e. The second-order valence-electron chi connectivity index (χ2n) is 6.85. The molecule has 1 N–H and O–H groups in total. The van der Waals surface area contributed by atoms with Crippen molar-refractivity contribution in [1.82, 2.24) is 0 Å². The Kier molecular flexibility index (Phi) is 3.91. The Hall–Kier alpha value is -1.18. The Labute approximate surface area is 122 Å². The van der Waals surface area contributed by atoms with Crippen molar-refractivity contribution in [1.29, 1.82) is 0 Å². The molecule has 0 aromatic heterocycles. The molecule has 110 valence electrons. The molecule has 0 heterocycles. The zero-order valence-electron chi connectivity index (χ0n) is 12.8. The van der Waals surface area contributed by atoms with Crippen LogP contribution < -0.4 is 10.1 Å². The van der Waals surface area contributed by atoms with E-state index in [-0.39, 0.29) is 6.10 Å². The fourth-order valence-corrected chi connectivity index (χ4v) is 3.88. The topological polar surface area (TPSA) is 21.3 Å². The van der Waals surface area contributed by atoms with Crippen molar-refractivity contribution in [3.8, 4) is 5.75 Å². The Morgan fingerprint density at radius 3 is 2.30 bits per heavy atom. The second kappa shape index (κ2) is 5.67. The lowest BCUT2D eigenvalue weighted by Crippen LogP contribution is -2.50. The average Bonchev–Trinajstić information content (AvgIpc) is 2.45. The van der Waals surface area contributed by atoms with Crippen molar-refractivity contribution in [2.75, 3.05) is 5.32 Å². The molecule has 0 amide bonds. The third-order valence-electron chi connectivity index (χ3n) is 5.09. The fraction of sp³-hybridized carbons (Fsp3) is 0.667. The van der Waals surface area contributed by atoms with E-state index in [4.69, 9.17) is 4.74 Å². The van der Waals surface area contributed by atoms with E-state index < -0.39 is 0 Å². The number of rotatable bonds is 4. The van der Waals surface area contributed by atoms with Crippen LogP contribution in [-0.2, 0) is 0 Å². The summed E-state index contributed by atoms with van der Waals surface area (Å²) in [7, 11) is 0. The molecule has 1 spiro atoms. The first kappa shape index (κ1) is 13.8. The number of anilines is 1. The van der Waals surface area contributed by atoms with Crippen LogP contribution in [0.1, 0.15) is 58.8 Å². The molecule has 0 aliphatic heterocycles. The molecule has 3 rings (SSSR count). The van der Waals surface area contributed by atoms with Gasteiger partial charge in [0.1, 0.15) is 5.75 Å². The second-order valence-corrected chi connectivity index (χ2v) is 6.85. The number of ether oxygens (including phenoxy) is 1. The highest BCUT2D eigenvalue weighted by Gasteiger charge is 2.46. The lowest BCUT2D eigenvalue weighted by Gasteiger charge is -2.52. The molecule has 2 fully saturated rings. The predicted octanol–water partition coefficient (Wildman–Crippen LogP) is 5.00. The van der Waals surface area contributed by atoms with E-state index in [2.05, 4.69) is 43.4 Å². The molecule has 2 heteroatoms. The van der Waals surface area contributed by atoms with Crippen molar-refractivity contribution in [2.24, 2.45) is 5.41 Å². The summed E-state index contributed by atoms with van der Waals surface area (Å²) in [6, 6.07) is 9.17. The van der Waals surface area contributed by atoms with Crippen LogP contribution in [0.5, 0.6) is 5.75 Å². The van der Waals surface area contributed by atoms with Crippen molar-refractivity contribution < 1.29 is 4.74 Å². The van der Waals surface area contributed by atoms with E-state index in [1.165, 1.54) is 50.6 Å². The van der Waals surface area contributed by atoms with Gasteiger partial charge in [-0.2, -0.15) is 0 Å². The van der Waals surface area contributed by atoms with Crippen LogP contribution in [0.25, 0.3) is 0 Å². The van der Waals surface area contributed by atoms with Crippen LogP contribution in [0, 0.1) is 5.41 Å². The SMILES string of the molecule is CC(C)Oc1ccc(NC2CCC23CCCCC3)cc1. The molecular formula is C18H27NO. The van der Waals surface area contributed by atoms with Crippen molar-refractivity contribution >= 4 is 5.69 Å². The minimum absolute atomic E-state index is 0.242. The van der Waals surface area contributed by atoms with Crippen LogP contribution in [-0.4, -0.2) is 12.1 Å². The average molecular weight is 273 g/mol. The van der Waals surface area contributed by atoms with Crippen LogP contribution in [0.15, 0.2) is 24.3 Å². The molecule has 2 nitrogen and oxygen atoms in total. The minimum Gasteiger partial charge on any atom is -0.491 e. The van der Waals surface area contributed by atoms with Gasteiger partial charge in [-0.05, 0) is 69.2 Å². The molecule has 20 heavy (non-hydrogen) atoms. The highest BCUT2D eigenvalue weighted by Crippen LogP contribution is 2.52. The highest BCUT2D eigenvalue weighted by atomic mass is 16.5. The van der Waals surface area contributed by atoms with Crippen molar-refractivity contribution in [3.63, 3.8) is 0 Å². The number of nitrogens with one attached hydrogen (secondary N) is 1. The number of benzene rings is 1. The Balaban J connectivity index is 1.60. The van der Waals surface area contributed by atoms with Gasteiger partial charge in [-0.3, -0.25) is 0 Å². The molecule has 1 aromatic carbocycles. The Bertz CT molecular complexity index is 431. The van der Waals surface area contributed by atoms with Gasteiger partial charge in [-0.15, -0.1) is 0 Å². The first-order valence-corrected chi connectivity index (χ1v) is 8.21. The molecule has 0 bridgehead atoms. The number of hydrogen-bond donors (Lipinski definition) is 1. The maximum Gasteiger partial charge on any atom is 0.119 e. The first-order chi connectivity index (χ1) is 9.68. The summed E-state index contributed by atoms with van der Waals surface area (Å²) in [5, 5.41) is 3.76. The quantitative estimate of drug-likeness (QED) is 0.833. The molecular weight excluding hydrogens is 246 g/mol. The lowest BCUT2D eigenvalue weighted by molar-refractivity contribution is 0.0571. The van der Waals surface area contributed by atoms with E-state index in [0.717, 1.165) is 5.75 Å². The monoisotopic (exact) mass is 273 g/mol. The lowest BCUT2D eigenvalue weighted by atomic mass is 9.57. The molecule has 1 unspecified atom stereocenters. The minimum atomic E-state index is 0.242. The van der Waals surface area contributed by atoms with E-state index in [0.29, 0.717) is 11.5 Å². The van der Waals surface area contributed by atoms with Crippen LogP contribution in [0.4, 0.5) is 5.69 Å². The van der Waals surface area contributed by atoms with Gasteiger partial charge in [0, 0.05) is 11.7 Å². The number of hydrogen-bond acceptors (Lipinski definition) is 2. The molecule has 2 aliphatic rings. The summed E-state index contributed by atoms with van der Waals surface area (Å²) in [5.74, 6) is 0.964. The summed E-state index contributed by atoms with van der Waals surface area (Å²) in [6.07, 6.45) is 10.2. The van der Waals surface area contributed by atoms with Gasteiger partial charge in [0.2, 0.25) is 0 Å². The van der Waals surface area contributed by atoms with E-state index in [1.54, 1.807) is 0 Å². The molecule has 0 radical (unpaired) electrons. The van der Waals surface area contributed by atoms with Crippen LogP contribution in [0.2, 0.25) is 0 Å². The Morgan fingerprint density at radius 2 is 1.75 bits per heavy atom. The summed E-state index contributed by atoms with van der Waals surface area (Å²) in [6.45, 7) is 4.13. The molecule has 2 saturated carbocycles. The van der Waals surface area contributed by atoms with Gasteiger partial charge < -0.3 is 10.1 Å². The van der Waals surface area contributed by atoms with Gasteiger partial charge >= 0.3 is 0 Å². The van der Waals surface area contributed by atoms with E-state index in [1.807, 2.05) is 0 Å².